The molecule has 0 bridgehead atoms. The Bertz CT molecular complexity index is 569. The zero-order chi connectivity index (χ0) is 11.8. The highest BCUT2D eigenvalue weighted by atomic mass is 35.5. The van der Waals surface area contributed by atoms with Crippen LogP contribution in [0.5, 0.6) is 5.75 Å². The summed E-state index contributed by atoms with van der Waals surface area (Å²) >= 11 is 5.94. The monoisotopic (exact) mass is 249 g/mol. The predicted molar refractivity (Wildman–Crippen MR) is 67.7 cm³/mol. The molecule has 0 unspecified atom stereocenters. The third-order valence-corrected chi connectivity index (χ3v) is 2.97. The number of benzene rings is 1. The van der Waals surface area contributed by atoms with Crippen LogP contribution in [0.25, 0.3) is 10.9 Å². The van der Waals surface area contributed by atoms with Crippen molar-refractivity contribution in [1.29, 1.82) is 0 Å². The maximum Gasteiger partial charge on any atom is 0.225 e. The van der Waals surface area contributed by atoms with Crippen molar-refractivity contribution in [1.82, 2.24) is 9.97 Å². The summed E-state index contributed by atoms with van der Waals surface area (Å²) in [6.45, 7) is 0. The van der Waals surface area contributed by atoms with Crippen LogP contribution in [-0.4, -0.2) is 23.1 Å². The van der Waals surface area contributed by atoms with E-state index in [9.17, 15) is 0 Å². The van der Waals surface area contributed by atoms with Gasteiger partial charge in [-0.05, 0) is 36.6 Å². The minimum Gasteiger partial charge on any atom is -0.494 e. The smallest absolute Gasteiger partial charge is 0.225 e. The van der Waals surface area contributed by atoms with Crippen molar-refractivity contribution in [2.75, 3.05) is 12.4 Å². The molecule has 0 saturated heterocycles. The number of halogens is 1. The summed E-state index contributed by atoms with van der Waals surface area (Å²) < 4.78 is 5.28. The van der Waals surface area contributed by atoms with Gasteiger partial charge in [-0.25, -0.2) is 9.97 Å². The summed E-state index contributed by atoms with van der Waals surface area (Å²) in [6, 6.07) is 6.29. The average Bonchev–Trinajstić information content (AvgIpc) is 3.12. The molecule has 1 aromatic heterocycles. The van der Waals surface area contributed by atoms with E-state index in [2.05, 4.69) is 15.3 Å². The first kappa shape index (κ1) is 10.6. The van der Waals surface area contributed by atoms with Crippen LogP contribution in [0, 0.1) is 0 Å². The first-order chi connectivity index (χ1) is 8.28. The summed E-state index contributed by atoms with van der Waals surface area (Å²) in [5, 5.41) is 4.55. The molecule has 1 fully saturated rings. The minimum atomic E-state index is 0.241. The number of aromatic nitrogens is 2. The Hall–Kier alpha value is -1.55. The number of nitrogens with zero attached hydrogens (tertiary/aromatic N) is 2. The highest BCUT2D eigenvalue weighted by Gasteiger charge is 2.23. The van der Waals surface area contributed by atoms with E-state index < -0.39 is 0 Å². The van der Waals surface area contributed by atoms with Crippen LogP contribution in [0.2, 0.25) is 5.28 Å². The van der Waals surface area contributed by atoms with E-state index in [4.69, 9.17) is 16.3 Å². The maximum atomic E-state index is 5.94. The quantitative estimate of drug-likeness (QED) is 0.850. The molecule has 1 aliphatic carbocycles. The van der Waals surface area contributed by atoms with Crippen LogP contribution < -0.4 is 10.1 Å². The molecule has 17 heavy (non-hydrogen) atoms. The minimum absolute atomic E-state index is 0.241. The van der Waals surface area contributed by atoms with Gasteiger partial charge in [-0.2, -0.15) is 0 Å². The second kappa shape index (κ2) is 4.04. The van der Waals surface area contributed by atoms with Crippen molar-refractivity contribution in [3.63, 3.8) is 0 Å². The van der Waals surface area contributed by atoms with E-state index >= 15 is 0 Å². The van der Waals surface area contributed by atoms with Gasteiger partial charge in [0.2, 0.25) is 5.28 Å². The maximum absolute atomic E-state index is 5.94. The number of methoxy groups -OCH3 is 1. The second-order valence-electron chi connectivity index (χ2n) is 4.12. The molecule has 88 valence electrons. The highest BCUT2D eigenvalue weighted by Crippen LogP contribution is 2.32. The Balaban J connectivity index is 2.19. The lowest BCUT2D eigenvalue weighted by atomic mass is 10.2. The van der Waals surface area contributed by atoms with Crippen molar-refractivity contribution in [3.8, 4) is 5.75 Å². The van der Waals surface area contributed by atoms with Crippen LogP contribution in [0.15, 0.2) is 18.2 Å². The van der Waals surface area contributed by atoms with Gasteiger partial charge in [-0.3, -0.25) is 0 Å². The number of para-hydroxylation sites is 1. The number of rotatable bonds is 3. The fourth-order valence-electron chi connectivity index (χ4n) is 1.79. The molecule has 0 aliphatic heterocycles. The van der Waals surface area contributed by atoms with Gasteiger partial charge in [0.1, 0.15) is 17.1 Å². The zero-order valence-electron chi connectivity index (χ0n) is 9.40. The van der Waals surface area contributed by atoms with Crippen molar-refractivity contribution in [2.24, 2.45) is 0 Å². The van der Waals surface area contributed by atoms with E-state index in [1.165, 1.54) is 12.8 Å². The Morgan fingerprint density at radius 3 is 2.88 bits per heavy atom. The number of ether oxygens (including phenoxy) is 1. The fourth-order valence-corrected chi connectivity index (χ4v) is 1.96. The topological polar surface area (TPSA) is 47.0 Å². The molecule has 0 atom stereocenters. The first-order valence-electron chi connectivity index (χ1n) is 5.54. The number of hydrogen-bond donors (Lipinski definition) is 1. The second-order valence-corrected chi connectivity index (χ2v) is 4.45. The van der Waals surface area contributed by atoms with Gasteiger partial charge < -0.3 is 10.1 Å². The molecule has 0 amide bonds. The molecule has 1 heterocycles. The summed E-state index contributed by atoms with van der Waals surface area (Å²) in [5.74, 6) is 1.51. The van der Waals surface area contributed by atoms with Crippen LogP contribution in [0.4, 0.5) is 5.82 Å². The van der Waals surface area contributed by atoms with Crippen LogP contribution in [-0.2, 0) is 0 Å². The van der Waals surface area contributed by atoms with Gasteiger partial charge in [0, 0.05) is 11.4 Å². The fraction of sp³-hybridized carbons (Fsp3) is 0.333. The van der Waals surface area contributed by atoms with Crippen LogP contribution >= 0.6 is 11.6 Å². The van der Waals surface area contributed by atoms with E-state index in [1.54, 1.807) is 7.11 Å². The molecule has 3 rings (SSSR count). The summed E-state index contributed by atoms with van der Waals surface area (Å²) in [5.41, 5.74) is 0.748. The van der Waals surface area contributed by atoms with E-state index in [0.717, 1.165) is 16.7 Å². The zero-order valence-corrected chi connectivity index (χ0v) is 10.2. The Labute approximate surface area is 104 Å². The van der Waals surface area contributed by atoms with E-state index in [0.29, 0.717) is 11.8 Å². The van der Waals surface area contributed by atoms with Gasteiger partial charge in [-0.15, -0.1) is 0 Å². The molecule has 1 aromatic carbocycles. The molecule has 0 radical (unpaired) electrons. The molecule has 1 saturated carbocycles. The lowest BCUT2D eigenvalue weighted by molar-refractivity contribution is 0.419. The van der Waals surface area contributed by atoms with Gasteiger partial charge >= 0.3 is 0 Å². The molecule has 0 spiro atoms. The third kappa shape index (κ3) is 2.00. The largest absolute Gasteiger partial charge is 0.494 e. The van der Waals surface area contributed by atoms with Crippen LogP contribution in [0.1, 0.15) is 12.8 Å². The number of fused-ring (bicyclic) bond motifs is 1. The number of nitrogens with one attached hydrogen (secondary N) is 1. The Morgan fingerprint density at radius 1 is 1.35 bits per heavy atom. The molecular weight excluding hydrogens is 238 g/mol. The van der Waals surface area contributed by atoms with Gasteiger partial charge in [0.25, 0.3) is 0 Å². The first-order valence-corrected chi connectivity index (χ1v) is 5.92. The summed E-state index contributed by atoms with van der Waals surface area (Å²) in [7, 11) is 1.62. The van der Waals surface area contributed by atoms with E-state index in [1.807, 2.05) is 18.2 Å². The number of hydrogen-bond acceptors (Lipinski definition) is 4. The Kier molecular flexibility index (Phi) is 2.52. The molecule has 4 nitrogen and oxygen atoms in total. The lowest BCUT2D eigenvalue weighted by Gasteiger charge is -2.10. The average molecular weight is 250 g/mol. The molecule has 1 N–H and O–H groups in total. The summed E-state index contributed by atoms with van der Waals surface area (Å²) in [4.78, 5) is 8.47. The van der Waals surface area contributed by atoms with Crippen molar-refractivity contribution >= 4 is 28.3 Å². The SMILES string of the molecule is COc1cccc2c(NC3CC3)nc(Cl)nc12. The van der Waals surface area contributed by atoms with E-state index in [-0.39, 0.29) is 5.28 Å². The standard InChI is InChI=1S/C12H12ClN3O/c1-17-9-4-2-3-8-10(9)15-12(13)16-11(8)14-7-5-6-7/h2-4,7H,5-6H2,1H3,(H,14,15,16). The van der Waals surface area contributed by atoms with Crippen molar-refractivity contribution < 1.29 is 4.74 Å². The Morgan fingerprint density at radius 2 is 2.18 bits per heavy atom. The van der Waals surface area contributed by atoms with Gasteiger partial charge in [0.15, 0.2) is 0 Å². The van der Waals surface area contributed by atoms with Crippen molar-refractivity contribution in [3.05, 3.63) is 23.5 Å². The summed E-state index contributed by atoms with van der Waals surface area (Å²) in [6.07, 6.45) is 2.38. The van der Waals surface area contributed by atoms with Crippen LogP contribution in [0.3, 0.4) is 0 Å². The molecule has 5 heteroatoms. The lowest BCUT2D eigenvalue weighted by Crippen LogP contribution is -2.05. The molecular formula is C12H12ClN3O. The molecule has 2 aromatic rings. The van der Waals surface area contributed by atoms with Gasteiger partial charge in [-0.1, -0.05) is 6.07 Å². The predicted octanol–water partition coefficient (Wildman–Crippen LogP) is 2.87. The van der Waals surface area contributed by atoms with Crippen molar-refractivity contribution in [2.45, 2.75) is 18.9 Å². The van der Waals surface area contributed by atoms with Gasteiger partial charge in [0.05, 0.1) is 7.11 Å². The number of anilines is 1. The highest BCUT2D eigenvalue weighted by molar-refractivity contribution is 6.29. The molecule has 1 aliphatic rings. The normalized spacial score (nSPS) is 14.9. The third-order valence-electron chi connectivity index (χ3n) is 2.80.